The molecule has 2 saturated carbocycles. The highest BCUT2D eigenvalue weighted by molar-refractivity contribution is 7.17. The fourth-order valence-electron chi connectivity index (χ4n) is 5.45. The van der Waals surface area contributed by atoms with Crippen LogP contribution in [0.25, 0.3) is 0 Å². The maximum atomic E-state index is 13.3. The van der Waals surface area contributed by atoms with Crippen LogP contribution < -0.4 is 10.6 Å². The molecule has 7 heteroatoms. The van der Waals surface area contributed by atoms with Crippen LogP contribution in [0.1, 0.15) is 59.8 Å². The first-order valence-corrected chi connectivity index (χ1v) is 11.9. The van der Waals surface area contributed by atoms with Gasteiger partial charge in [-0.25, -0.2) is 0 Å². The largest absolute Gasteiger partial charge is 0.481 e. The highest BCUT2D eigenvalue weighted by Gasteiger charge is 2.48. The quantitative estimate of drug-likeness (QED) is 0.624. The first kappa shape index (κ1) is 19.8. The molecule has 30 heavy (non-hydrogen) atoms. The normalized spacial score (nSPS) is 31.8. The number of aliphatic carboxylic acids is 1. The molecular weight excluding hydrogens is 400 g/mol. The molecule has 0 aromatic carbocycles. The zero-order valence-electron chi connectivity index (χ0n) is 17.1. The van der Waals surface area contributed by atoms with E-state index in [1.54, 1.807) is 0 Å². The highest BCUT2D eigenvalue weighted by Crippen LogP contribution is 2.46. The SMILES string of the molecule is C[C@@H]1CCc2c(sc(NC(=O)[C@@H]3[C@H](C(=O)O)[C@H]4C=C[C@H]3CC4)c2C(=O)NC2CC2)C1. The third-order valence-electron chi connectivity index (χ3n) is 7.22. The summed E-state index contributed by atoms with van der Waals surface area (Å²) in [6, 6.07) is 0.245. The number of carbonyl (C=O) groups is 3. The van der Waals surface area contributed by atoms with Crippen molar-refractivity contribution in [3.63, 3.8) is 0 Å². The number of hydrogen-bond acceptors (Lipinski definition) is 4. The van der Waals surface area contributed by atoms with Crippen molar-refractivity contribution >= 4 is 34.1 Å². The lowest BCUT2D eigenvalue weighted by Gasteiger charge is -2.41. The van der Waals surface area contributed by atoms with Crippen LogP contribution in [0.15, 0.2) is 12.2 Å². The van der Waals surface area contributed by atoms with E-state index in [4.69, 9.17) is 0 Å². The zero-order valence-corrected chi connectivity index (χ0v) is 18.0. The van der Waals surface area contributed by atoms with Crippen LogP contribution in [-0.2, 0) is 22.4 Å². The maximum Gasteiger partial charge on any atom is 0.307 e. The van der Waals surface area contributed by atoms with Gasteiger partial charge in [0, 0.05) is 10.9 Å². The fraction of sp³-hybridized carbons (Fsp3) is 0.609. The van der Waals surface area contributed by atoms with Crippen LogP contribution in [-0.4, -0.2) is 28.9 Å². The van der Waals surface area contributed by atoms with Crippen LogP contribution in [0.4, 0.5) is 5.00 Å². The van der Waals surface area contributed by atoms with Crippen molar-refractivity contribution in [2.75, 3.05) is 5.32 Å². The molecule has 6 nitrogen and oxygen atoms in total. The lowest BCUT2D eigenvalue weighted by Crippen LogP contribution is -2.47. The molecule has 5 aliphatic carbocycles. The van der Waals surface area contributed by atoms with E-state index in [1.807, 2.05) is 12.2 Å². The third kappa shape index (κ3) is 3.47. The number of carboxylic acids is 1. The van der Waals surface area contributed by atoms with Gasteiger partial charge in [0.2, 0.25) is 5.91 Å². The molecule has 1 heterocycles. The molecule has 5 atom stereocenters. The molecule has 0 spiro atoms. The average molecular weight is 429 g/mol. The summed E-state index contributed by atoms with van der Waals surface area (Å²) in [5.41, 5.74) is 1.69. The summed E-state index contributed by atoms with van der Waals surface area (Å²) in [4.78, 5) is 39.5. The van der Waals surface area contributed by atoms with Gasteiger partial charge in [0.15, 0.2) is 0 Å². The Morgan fingerprint density at radius 3 is 2.37 bits per heavy atom. The molecule has 3 N–H and O–H groups in total. The predicted molar refractivity (Wildman–Crippen MR) is 115 cm³/mol. The molecule has 0 saturated heterocycles. The second-order valence-corrected chi connectivity index (χ2v) is 10.6. The smallest absolute Gasteiger partial charge is 0.307 e. The molecule has 2 bridgehead atoms. The molecule has 6 rings (SSSR count). The van der Waals surface area contributed by atoms with Crippen molar-refractivity contribution in [2.45, 2.75) is 57.9 Å². The van der Waals surface area contributed by atoms with Crippen molar-refractivity contribution in [1.29, 1.82) is 0 Å². The lowest BCUT2D eigenvalue weighted by molar-refractivity contribution is -0.151. The Balaban J connectivity index is 1.45. The Kier molecular flexibility index (Phi) is 4.96. The Hall–Kier alpha value is -2.15. The fourth-order valence-corrected chi connectivity index (χ4v) is 6.86. The van der Waals surface area contributed by atoms with E-state index in [0.29, 0.717) is 16.5 Å². The monoisotopic (exact) mass is 428 g/mol. The van der Waals surface area contributed by atoms with Gasteiger partial charge in [0.1, 0.15) is 5.00 Å². The van der Waals surface area contributed by atoms with Gasteiger partial charge in [-0.2, -0.15) is 0 Å². The molecule has 2 amide bonds. The average Bonchev–Trinajstić information content (AvgIpc) is 3.46. The second-order valence-electron chi connectivity index (χ2n) is 9.47. The van der Waals surface area contributed by atoms with Crippen molar-refractivity contribution in [1.82, 2.24) is 5.32 Å². The van der Waals surface area contributed by atoms with Gasteiger partial charge in [-0.3, -0.25) is 14.4 Å². The van der Waals surface area contributed by atoms with Gasteiger partial charge in [-0.1, -0.05) is 19.1 Å². The van der Waals surface area contributed by atoms with Crippen LogP contribution in [0, 0.1) is 29.6 Å². The number of anilines is 1. The minimum Gasteiger partial charge on any atom is -0.481 e. The number of amides is 2. The summed E-state index contributed by atoms with van der Waals surface area (Å²) in [5, 5.41) is 16.5. The van der Waals surface area contributed by atoms with Gasteiger partial charge in [-0.15, -0.1) is 11.3 Å². The topological polar surface area (TPSA) is 95.5 Å². The van der Waals surface area contributed by atoms with Crippen molar-refractivity contribution in [3.05, 3.63) is 28.2 Å². The van der Waals surface area contributed by atoms with E-state index in [0.717, 1.165) is 50.5 Å². The minimum absolute atomic E-state index is 0.0468. The number of fused-ring (bicyclic) bond motifs is 3. The summed E-state index contributed by atoms with van der Waals surface area (Å²) in [5.74, 6) is -2.09. The first-order valence-electron chi connectivity index (χ1n) is 11.1. The van der Waals surface area contributed by atoms with Crippen LogP contribution in [0.3, 0.4) is 0 Å². The molecule has 0 unspecified atom stereocenters. The molecule has 1 aromatic rings. The Labute approximate surface area is 180 Å². The summed E-state index contributed by atoms with van der Waals surface area (Å²) < 4.78 is 0. The van der Waals surface area contributed by atoms with E-state index < -0.39 is 17.8 Å². The van der Waals surface area contributed by atoms with Gasteiger partial charge in [0.25, 0.3) is 5.91 Å². The van der Waals surface area contributed by atoms with Crippen molar-refractivity contribution in [3.8, 4) is 0 Å². The maximum absolute atomic E-state index is 13.3. The van der Waals surface area contributed by atoms with E-state index in [2.05, 4.69) is 17.6 Å². The van der Waals surface area contributed by atoms with Crippen LogP contribution in [0.2, 0.25) is 0 Å². The number of hydrogen-bond donors (Lipinski definition) is 3. The summed E-state index contributed by atoms with van der Waals surface area (Å²) in [6.45, 7) is 2.22. The Morgan fingerprint density at radius 1 is 1.03 bits per heavy atom. The van der Waals surface area contributed by atoms with E-state index in [1.165, 1.54) is 16.2 Å². The van der Waals surface area contributed by atoms with Crippen molar-refractivity contribution < 1.29 is 19.5 Å². The number of allylic oxidation sites excluding steroid dienone is 2. The standard InChI is InChI=1S/C23H28N2O4S/c1-11-2-9-15-16(10-11)30-22(19(15)21(27)24-14-7-8-14)25-20(26)17-12-3-5-13(6-4-12)18(17)23(28)29/h3,5,11-14,17-18H,2,4,6-10H2,1H3,(H,24,27)(H,25,26)(H,28,29)/t11-,12+,13+,17+,18-/m1/s1. The molecule has 5 aliphatic rings. The molecule has 1 aromatic heterocycles. The molecule has 0 aliphatic heterocycles. The lowest BCUT2D eigenvalue weighted by atomic mass is 9.62. The highest BCUT2D eigenvalue weighted by atomic mass is 32.1. The number of carboxylic acid groups (broad SMARTS) is 1. The van der Waals surface area contributed by atoms with Crippen molar-refractivity contribution in [2.24, 2.45) is 29.6 Å². The Bertz CT molecular complexity index is 932. The molecule has 0 radical (unpaired) electrons. The second kappa shape index (κ2) is 7.52. The number of carbonyl (C=O) groups excluding carboxylic acids is 2. The van der Waals surface area contributed by atoms with Gasteiger partial charge in [-0.05, 0) is 68.3 Å². The first-order chi connectivity index (χ1) is 14.4. The molecular formula is C23H28N2O4S. The van der Waals surface area contributed by atoms with Gasteiger partial charge in [0.05, 0.1) is 17.4 Å². The van der Waals surface area contributed by atoms with E-state index in [-0.39, 0.29) is 29.7 Å². The molecule has 160 valence electrons. The number of thiophene rings is 1. The minimum atomic E-state index is -0.903. The van der Waals surface area contributed by atoms with E-state index in [9.17, 15) is 19.5 Å². The zero-order chi connectivity index (χ0) is 21.0. The third-order valence-corrected chi connectivity index (χ3v) is 8.39. The van der Waals surface area contributed by atoms with Crippen LogP contribution >= 0.6 is 11.3 Å². The van der Waals surface area contributed by atoms with E-state index >= 15 is 0 Å². The molecule has 2 fully saturated rings. The summed E-state index contributed by atoms with van der Waals surface area (Å²) in [6.07, 6.45) is 10.5. The van der Waals surface area contributed by atoms with Gasteiger partial charge < -0.3 is 15.7 Å². The summed E-state index contributed by atoms with van der Waals surface area (Å²) >= 11 is 1.51. The number of rotatable bonds is 5. The predicted octanol–water partition coefficient (Wildman–Crippen LogP) is 3.62. The summed E-state index contributed by atoms with van der Waals surface area (Å²) in [7, 11) is 0. The number of nitrogens with one attached hydrogen (secondary N) is 2. The van der Waals surface area contributed by atoms with Gasteiger partial charge >= 0.3 is 5.97 Å². The van der Waals surface area contributed by atoms with Crippen LogP contribution in [0.5, 0.6) is 0 Å². The Morgan fingerprint density at radius 2 is 1.73 bits per heavy atom.